The number of aromatic nitrogens is 2. The maximum atomic E-state index is 13.0. The fourth-order valence-electron chi connectivity index (χ4n) is 3.76. The molecule has 2 aromatic heterocycles. The fraction of sp³-hybridized carbons (Fsp3) is 0.381. The van der Waals surface area contributed by atoms with Crippen molar-refractivity contribution in [2.75, 3.05) is 40.4 Å². The number of pyridine rings is 1. The molecule has 8 heteroatoms. The summed E-state index contributed by atoms with van der Waals surface area (Å²) in [6.07, 6.45) is 4.04. The van der Waals surface area contributed by atoms with Gasteiger partial charge in [-0.1, -0.05) is 0 Å². The van der Waals surface area contributed by atoms with Crippen molar-refractivity contribution >= 4 is 22.5 Å². The van der Waals surface area contributed by atoms with E-state index in [-0.39, 0.29) is 11.5 Å². The first-order valence-corrected chi connectivity index (χ1v) is 9.70. The minimum atomic E-state index is -0.266. The van der Waals surface area contributed by atoms with Gasteiger partial charge in [-0.05, 0) is 44.1 Å². The predicted octanol–water partition coefficient (Wildman–Crippen LogP) is 1.69. The number of fused-ring (bicyclic) bond motifs is 2. The number of carbonyl (C=O) groups is 1. The lowest BCUT2D eigenvalue weighted by Gasteiger charge is -2.15. The smallest absolute Gasteiger partial charge is 0.265 e. The van der Waals surface area contributed by atoms with Gasteiger partial charge in [0, 0.05) is 25.4 Å². The molecule has 1 aliphatic heterocycles. The van der Waals surface area contributed by atoms with Crippen molar-refractivity contribution < 1.29 is 14.3 Å². The number of carbonyl (C=O) groups excluding carboxylic acids is 1. The zero-order valence-corrected chi connectivity index (χ0v) is 16.6. The van der Waals surface area contributed by atoms with E-state index in [4.69, 9.17) is 9.47 Å². The second-order valence-electron chi connectivity index (χ2n) is 7.06. The lowest BCUT2D eigenvalue weighted by Crippen LogP contribution is -2.34. The van der Waals surface area contributed by atoms with E-state index in [1.54, 1.807) is 30.5 Å². The van der Waals surface area contributed by atoms with Gasteiger partial charge in [0.1, 0.15) is 0 Å². The highest BCUT2D eigenvalue weighted by Crippen LogP contribution is 2.30. The average Bonchev–Trinajstić information content (AvgIpc) is 3.26. The molecule has 29 heavy (non-hydrogen) atoms. The first kappa shape index (κ1) is 19.2. The summed E-state index contributed by atoms with van der Waals surface area (Å²) in [4.78, 5) is 32.7. The summed E-state index contributed by atoms with van der Waals surface area (Å²) >= 11 is 0. The third-order valence-electron chi connectivity index (χ3n) is 5.30. The Morgan fingerprint density at radius 3 is 2.62 bits per heavy atom. The number of benzene rings is 1. The summed E-state index contributed by atoms with van der Waals surface area (Å²) < 4.78 is 12.0. The third kappa shape index (κ3) is 3.63. The summed E-state index contributed by atoms with van der Waals surface area (Å²) in [5.41, 5.74) is 0.862. The second kappa shape index (κ2) is 8.08. The minimum absolute atomic E-state index is 0.242. The Morgan fingerprint density at radius 2 is 1.90 bits per heavy atom. The molecule has 1 amide bonds. The van der Waals surface area contributed by atoms with E-state index in [9.17, 15) is 9.59 Å². The Morgan fingerprint density at radius 1 is 1.17 bits per heavy atom. The van der Waals surface area contributed by atoms with Gasteiger partial charge in [0.2, 0.25) is 0 Å². The molecule has 0 aliphatic carbocycles. The Bertz CT molecular complexity index is 1120. The first-order valence-electron chi connectivity index (χ1n) is 9.70. The molecule has 0 unspecified atom stereocenters. The zero-order chi connectivity index (χ0) is 20.4. The summed E-state index contributed by atoms with van der Waals surface area (Å²) in [7, 11) is 3.04. The average molecular weight is 396 g/mol. The van der Waals surface area contributed by atoms with Crippen LogP contribution >= 0.6 is 0 Å². The molecule has 0 radical (unpaired) electrons. The Hall–Kier alpha value is -3.13. The zero-order valence-electron chi connectivity index (χ0n) is 16.6. The molecular formula is C21H24N4O4. The molecule has 1 N–H and O–H groups in total. The Kier molecular flexibility index (Phi) is 5.35. The molecule has 1 saturated heterocycles. The molecule has 0 atom stereocenters. The van der Waals surface area contributed by atoms with Gasteiger partial charge < -0.3 is 19.7 Å². The number of nitrogens with one attached hydrogen (secondary N) is 1. The largest absolute Gasteiger partial charge is 0.493 e. The molecule has 8 nitrogen and oxygen atoms in total. The lowest BCUT2D eigenvalue weighted by atomic mass is 10.2. The summed E-state index contributed by atoms with van der Waals surface area (Å²) in [5.74, 6) is 0.687. The van der Waals surface area contributed by atoms with Gasteiger partial charge in [-0.25, -0.2) is 4.98 Å². The van der Waals surface area contributed by atoms with Gasteiger partial charge >= 0.3 is 0 Å². The van der Waals surface area contributed by atoms with Crippen molar-refractivity contribution in [1.29, 1.82) is 0 Å². The van der Waals surface area contributed by atoms with Crippen LogP contribution in [0.3, 0.4) is 0 Å². The number of hydrogen-bond acceptors (Lipinski definition) is 6. The second-order valence-corrected chi connectivity index (χ2v) is 7.06. The van der Waals surface area contributed by atoms with Crippen molar-refractivity contribution in [3.05, 3.63) is 46.4 Å². The summed E-state index contributed by atoms with van der Waals surface area (Å²) in [5, 5.41) is 3.34. The molecule has 0 spiro atoms. The molecular weight excluding hydrogens is 372 g/mol. The quantitative estimate of drug-likeness (QED) is 0.639. The lowest BCUT2D eigenvalue weighted by molar-refractivity contribution is 0.0951. The number of rotatable bonds is 6. The fourth-order valence-corrected chi connectivity index (χ4v) is 3.76. The molecule has 0 bridgehead atoms. The highest BCUT2D eigenvalue weighted by Gasteiger charge is 2.17. The molecule has 3 aromatic rings. The monoisotopic (exact) mass is 396 g/mol. The van der Waals surface area contributed by atoms with Gasteiger partial charge in [0.15, 0.2) is 17.1 Å². The van der Waals surface area contributed by atoms with Crippen molar-refractivity contribution in [2.24, 2.45) is 0 Å². The SMILES string of the molecule is COc1cc2nc3c(C(=O)NCCN4CCCC4)cccn3c(=O)c2cc1OC. The van der Waals surface area contributed by atoms with Crippen LogP contribution < -0.4 is 20.3 Å². The van der Waals surface area contributed by atoms with Gasteiger partial charge in [0.25, 0.3) is 11.5 Å². The van der Waals surface area contributed by atoms with Crippen LogP contribution in [0.5, 0.6) is 11.5 Å². The summed E-state index contributed by atoms with van der Waals surface area (Å²) in [6, 6.07) is 6.62. The standard InChI is InChI=1S/C21H24N4O4/c1-28-17-12-15-16(13-18(17)29-2)23-19-14(6-5-10-25(19)21(15)27)20(26)22-7-11-24-8-3-4-9-24/h5-6,10,12-13H,3-4,7-9,11H2,1-2H3,(H,22,26). The maximum absolute atomic E-state index is 13.0. The Labute approximate surface area is 168 Å². The van der Waals surface area contributed by atoms with Crippen molar-refractivity contribution in [1.82, 2.24) is 19.6 Å². The molecule has 1 aromatic carbocycles. The van der Waals surface area contributed by atoms with Crippen LogP contribution in [-0.4, -0.2) is 60.6 Å². The van der Waals surface area contributed by atoms with E-state index in [1.165, 1.54) is 31.5 Å². The van der Waals surface area contributed by atoms with Crippen LogP contribution in [0.2, 0.25) is 0 Å². The molecule has 1 aliphatic rings. The van der Waals surface area contributed by atoms with Crippen molar-refractivity contribution in [3.63, 3.8) is 0 Å². The molecule has 1 fully saturated rings. The number of ether oxygens (including phenoxy) is 2. The van der Waals surface area contributed by atoms with E-state index in [1.807, 2.05) is 0 Å². The molecule has 0 saturated carbocycles. The highest BCUT2D eigenvalue weighted by atomic mass is 16.5. The van der Waals surface area contributed by atoms with Crippen LogP contribution in [0.4, 0.5) is 0 Å². The normalized spacial score (nSPS) is 14.4. The van der Waals surface area contributed by atoms with E-state index in [2.05, 4.69) is 15.2 Å². The summed E-state index contributed by atoms with van der Waals surface area (Å²) in [6.45, 7) is 3.54. The van der Waals surface area contributed by atoms with Crippen LogP contribution in [0.15, 0.2) is 35.3 Å². The topological polar surface area (TPSA) is 85.2 Å². The minimum Gasteiger partial charge on any atom is -0.493 e. The van der Waals surface area contributed by atoms with Gasteiger partial charge in [-0.3, -0.25) is 14.0 Å². The third-order valence-corrected chi connectivity index (χ3v) is 5.30. The van der Waals surface area contributed by atoms with Crippen LogP contribution in [0, 0.1) is 0 Å². The number of likely N-dealkylation sites (tertiary alicyclic amines) is 1. The van der Waals surface area contributed by atoms with Crippen LogP contribution in [-0.2, 0) is 0 Å². The number of amides is 1. The van der Waals surface area contributed by atoms with Crippen molar-refractivity contribution in [3.8, 4) is 11.5 Å². The van der Waals surface area contributed by atoms with Gasteiger partial charge in [0.05, 0.1) is 30.7 Å². The van der Waals surface area contributed by atoms with Crippen molar-refractivity contribution in [2.45, 2.75) is 12.8 Å². The number of nitrogens with zero attached hydrogens (tertiary/aromatic N) is 3. The van der Waals surface area contributed by atoms with E-state index >= 15 is 0 Å². The van der Waals surface area contributed by atoms with E-state index in [0.717, 1.165) is 19.6 Å². The Balaban J connectivity index is 1.71. The van der Waals surface area contributed by atoms with Gasteiger partial charge in [-0.15, -0.1) is 0 Å². The predicted molar refractivity (Wildman–Crippen MR) is 110 cm³/mol. The van der Waals surface area contributed by atoms with E-state index < -0.39 is 0 Å². The maximum Gasteiger partial charge on any atom is 0.265 e. The van der Waals surface area contributed by atoms with Crippen LogP contribution in [0.1, 0.15) is 23.2 Å². The number of methoxy groups -OCH3 is 2. The molecule has 4 rings (SSSR count). The molecule has 3 heterocycles. The van der Waals surface area contributed by atoms with E-state index in [0.29, 0.717) is 40.2 Å². The van der Waals surface area contributed by atoms with Crippen LogP contribution in [0.25, 0.3) is 16.6 Å². The first-order chi connectivity index (χ1) is 14.1. The molecule has 152 valence electrons. The highest BCUT2D eigenvalue weighted by molar-refractivity contribution is 6.00. The number of hydrogen-bond donors (Lipinski definition) is 1. The van der Waals surface area contributed by atoms with Gasteiger partial charge in [-0.2, -0.15) is 0 Å².